The van der Waals surface area contributed by atoms with Gasteiger partial charge in [-0.1, -0.05) is 220 Å². The fourth-order valence-corrected chi connectivity index (χ4v) is 10.3. The molecule has 0 saturated carbocycles. The minimum absolute atomic E-state index is 0.000621. The molecule has 0 spiro atoms. The lowest BCUT2D eigenvalue weighted by Crippen LogP contribution is -2.28. The summed E-state index contributed by atoms with van der Waals surface area (Å²) in [4.78, 5) is 0. The molecule has 0 saturated heterocycles. The quantitative estimate of drug-likeness (QED) is 0.125. The largest absolute Gasteiger partial charge is 0.362 e. The van der Waals surface area contributed by atoms with Gasteiger partial charge in [0.2, 0.25) is 0 Å². The zero-order valence-electron chi connectivity index (χ0n) is 36.4. The smallest absolute Gasteiger partial charge is 0.0713 e. The molecule has 0 fully saturated rings. The van der Waals surface area contributed by atoms with E-state index in [2.05, 4.69) is 258 Å². The van der Waals surface area contributed by atoms with E-state index >= 15 is 0 Å². The SMILES string of the molecule is C\C=C/C(=C\C=C\Nc1ccc2ccc3ccccc3c2c1)c1ccc2c(c1)C(C)(C)c1ccccc1-2.Cc1ccc2c(c1)C(c1ccccc1)(c1ccccc1)c1ccccc1-2. The van der Waals surface area contributed by atoms with Crippen LogP contribution >= 0.6 is 0 Å². The van der Waals surface area contributed by atoms with Gasteiger partial charge in [-0.15, -0.1) is 0 Å². The Morgan fingerprint density at radius 3 is 1.78 bits per heavy atom. The van der Waals surface area contributed by atoms with Crippen LogP contribution in [-0.4, -0.2) is 0 Å². The molecule has 0 amide bonds. The highest BCUT2D eigenvalue weighted by Crippen LogP contribution is 2.56. The lowest BCUT2D eigenvalue weighted by molar-refractivity contribution is 0.660. The van der Waals surface area contributed by atoms with Gasteiger partial charge in [0, 0.05) is 17.3 Å². The molecular weight excluding hydrogens is 759 g/mol. The number of benzene rings is 9. The Morgan fingerprint density at radius 1 is 0.476 bits per heavy atom. The van der Waals surface area contributed by atoms with Crippen molar-refractivity contribution in [1.82, 2.24) is 0 Å². The molecule has 0 atom stereocenters. The van der Waals surface area contributed by atoms with Crippen molar-refractivity contribution in [1.29, 1.82) is 0 Å². The summed E-state index contributed by atoms with van der Waals surface area (Å²) in [5, 5.41) is 8.54. The van der Waals surface area contributed by atoms with Crippen LogP contribution in [0, 0.1) is 6.92 Å². The number of anilines is 1. The fourth-order valence-electron chi connectivity index (χ4n) is 10.3. The minimum Gasteiger partial charge on any atom is -0.362 e. The van der Waals surface area contributed by atoms with Gasteiger partial charge >= 0.3 is 0 Å². The van der Waals surface area contributed by atoms with Gasteiger partial charge in [-0.05, 0) is 126 Å². The summed E-state index contributed by atoms with van der Waals surface area (Å²) in [6, 6.07) is 72.8. The van der Waals surface area contributed by atoms with Crippen molar-refractivity contribution in [3.05, 3.63) is 275 Å². The average Bonchev–Trinajstić information content (AvgIpc) is 3.75. The Labute approximate surface area is 372 Å². The van der Waals surface area contributed by atoms with Gasteiger partial charge in [-0.25, -0.2) is 0 Å². The summed E-state index contributed by atoms with van der Waals surface area (Å²) >= 11 is 0. The first-order valence-electron chi connectivity index (χ1n) is 22.1. The van der Waals surface area contributed by atoms with Crippen molar-refractivity contribution in [2.24, 2.45) is 0 Å². The van der Waals surface area contributed by atoms with E-state index in [1.807, 2.05) is 6.20 Å². The third kappa shape index (κ3) is 6.91. The van der Waals surface area contributed by atoms with E-state index in [-0.39, 0.29) is 10.8 Å². The normalized spacial score (nSPS) is 14.3. The summed E-state index contributed by atoms with van der Waals surface area (Å²) in [6.45, 7) is 8.92. The standard InChI is InChI=1S/C36H31N.C26H20/c1-4-10-25(28-19-21-32-31-14-7-8-15-34(31)36(2,3)35(32)23-28)12-9-22-37-29-20-18-27-17-16-26-11-5-6-13-30(26)33(27)24-29;1-19-16-17-23-22-14-8-9-15-24(22)26(25(23)18-19,20-10-4-2-5-11-20)21-12-6-3-7-13-21/h4-24,37H,1-3H3;2-18H,1H3/b10-4-,22-9+,25-12+;. The number of hydrogen-bond acceptors (Lipinski definition) is 1. The highest BCUT2D eigenvalue weighted by Gasteiger charge is 2.45. The van der Waals surface area contributed by atoms with Crippen molar-refractivity contribution in [3.8, 4) is 22.3 Å². The zero-order chi connectivity index (χ0) is 43.0. The van der Waals surface area contributed by atoms with Gasteiger partial charge in [0.1, 0.15) is 0 Å². The van der Waals surface area contributed by atoms with Crippen LogP contribution in [0.2, 0.25) is 0 Å². The number of hydrogen-bond donors (Lipinski definition) is 1. The molecule has 304 valence electrons. The molecule has 63 heavy (non-hydrogen) atoms. The molecule has 0 aliphatic heterocycles. The van der Waals surface area contributed by atoms with Crippen LogP contribution in [0.1, 0.15) is 65.3 Å². The summed E-state index contributed by atoms with van der Waals surface area (Å²) in [5.74, 6) is 0. The van der Waals surface area contributed by atoms with E-state index in [9.17, 15) is 0 Å². The minimum atomic E-state index is -0.263. The maximum Gasteiger partial charge on any atom is 0.0713 e. The Morgan fingerprint density at radius 2 is 1.05 bits per heavy atom. The molecule has 9 aromatic carbocycles. The van der Waals surface area contributed by atoms with Crippen LogP contribution in [0.15, 0.2) is 231 Å². The number of aryl methyl sites for hydroxylation is 1. The van der Waals surface area contributed by atoms with Gasteiger partial charge in [-0.3, -0.25) is 0 Å². The van der Waals surface area contributed by atoms with Gasteiger partial charge in [0.05, 0.1) is 5.41 Å². The molecule has 0 heterocycles. The monoisotopic (exact) mass is 809 g/mol. The maximum absolute atomic E-state index is 3.47. The molecule has 1 N–H and O–H groups in total. The summed E-state index contributed by atoms with van der Waals surface area (Å²) in [7, 11) is 0. The van der Waals surface area contributed by atoms with E-state index in [4.69, 9.17) is 0 Å². The molecule has 2 aliphatic carbocycles. The number of rotatable bonds is 7. The third-order valence-corrected chi connectivity index (χ3v) is 13.2. The molecule has 0 bridgehead atoms. The first kappa shape index (κ1) is 39.6. The molecule has 1 nitrogen and oxygen atoms in total. The molecule has 1 heteroatoms. The van der Waals surface area contributed by atoms with Crippen LogP contribution in [0.25, 0.3) is 49.4 Å². The van der Waals surface area contributed by atoms with Crippen LogP contribution in [0.3, 0.4) is 0 Å². The molecule has 0 unspecified atom stereocenters. The molecule has 2 aliphatic rings. The van der Waals surface area contributed by atoms with Gasteiger partial charge in [0.15, 0.2) is 0 Å². The lowest BCUT2D eigenvalue weighted by Gasteiger charge is -2.34. The van der Waals surface area contributed by atoms with Crippen molar-refractivity contribution in [2.45, 2.75) is 38.5 Å². The summed E-state index contributed by atoms with van der Waals surface area (Å²) in [5.41, 5.74) is 18.2. The number of allylic oxidation sites excluding steroid dienone is 5. The first-order valence-corrected chi connectivity index (χ1v) is 22.1. The van der Waals surface area contributed by atoms with E-state index < -0.39 is 0 Å². The summed E-state index contributed by atoms with van der Waals surface area (Å²) in [6.07, 6.45) is 10.6. The predicted octanol–water partition coefficient (Wildman–Crippen LogP) is 16.2. The van der Waals surface area contributed by atoms with Gasteiger partial charge < -0.3 is 5.32 Å². The highest BCUT2D eigenvalue weighted by atomic mass is 14.8. The van der Waals surface area contributed by atoms with E-state index in [0.717, 1.165) is 5.69 Å². The third-order valence-electron chi connectivity index (χ3n) is 13.2. The Kier molecular flexibility index (Phi) is 10.3. The maximum atomic E-state index is 3.47. The molecule has 0 radical (unpaired) electrons. The Bertz CT molecular complexity index is 3200. The number of fused-ring (bicyclic) bond motifs is 9. The van der Waals surface area contributed by atoms with Crippen molar-refractivity contribution < 1.29 is 0 Å². The van der Waals surface area contributed by atoms with Crippen molar-refractivity contribution in [2.75, 3.05) is 5.32 Å². The molecule has 11 rings (SSSR count). The van der Waals surface area contributed by atoms with E-state index in [1.165, 1.54) is 93.9 Å². The molecular formula is C62H51N. The molecule has 0 aromatic heterocycles. The Hall–Kier alpha value is -7.48. The second-order valence-corrected chi connectivity index (χ2v) is 17.4. The van der Waals surface area contributed by atoms with Crippen molar-refractivity contribution in [3.63, 3.8) is 0 Å². The van der Waals surface area contributed by atoms with Crippen LogP contribution < -0.4 is 5.32 Å². The Balaban J connectivity index is 0.000000159. The second kappa shape index (κ2) is 16.4. The fraction of sp³-hybridized carbons (Fsp3) is 0.0968. The van der Waals surface area contributed by atoms with E-state index in [0.29, 0.717) is 0 Å². The van der Waals surface area contributed by atoms with Gasteiger partial charge in [0.25, 0.3) is 0 Å². The number of nitrogens with one attached hydrogen (secondary N) is 1. The summed E-state index contributed by atoms with van der Waals surface area (Å²) < 4.78 is 0. The highest BCUT2D eigenvalue weighted by molar-refractivity contribution is 6.08. The average molecular weight is 810 g/mol. The topological polar surface area (TPSA) is 12.0 Å². The van der Waals surface area contributed by atoms with Crippen molar-refractivity contribution >= 4 is 32.8 Å². The van der Waals surface area contributed by atoms with Crippen LogP contribution in [0.5, 0.6) is 0 Å². The molecule has 9 aromatic rings. The lowest BCUT2D eigenvalue weighted by atomic mass is 9.67. The van der Waals surface area contributed by atoms with Crippen LogP contribution in [-0.2, 0) is 10.8 Å². The second-order valence-electron chi connectivity index (χ2n) is 17.4. The first-order chi connectivity index (χ1) is 30.9. The zero-order valence-corrected chi connectivity index (χ0v) is 36.4. The predicted molar refractivity (Wildman–Crippen MR) is 269 cm³/mol. The van der Waals surface area contributed by atoms with Crippen LogP contribution in [0.4, 0.5) is 5.69 Å². The van der Waals surface area contributed by atoms with E-state index in [1.54, 1.807) is 0 Å². The van der Waals surface area contributed by atoms with Gasteiger partial charge in [-0.2, -0.15) is 0 Å².